The van der Waals surface area contributed by atoms with Crippen LogP contribution in [-0.2, 0) is 13.6 Å². The van der Waals surface area contributed by atoms with Gasteiger partial charge in [0.2, 0.25) is 5.82 Å². The van der Waals surface area contributed by atoms with E-state index >= 15 is 0 Å². The molecular weight excluding hydrogens is 328 g/mol. The van der Waals surface area contributed by atoms with Crippen LogP contribution < -0.4 is 5.32 Å². The van der Waals surface area contributed by atoms with Gasteiger partial charge in [-0.3, -0.25) is 0 Å². The third-order valence-corrected chi connectivity index (χ3v) is 4.71. The second-order valence-corrected chi connectivity index (χ2v) is 6.40. The molecule has 0 aliphatic rings. The molecule has 0 radical (unpaired) electrons. The van der Waals surface area contributed by atoms with Crippen molar-refractivity contribution in [3.05, 3.63) is 51.3 Å². The summed E-state index contributed by atoms with van der Waals surface area (Å²) in [5, 5.41) is 16.2. The van der Waals surface area contributed by atoms with Gasteiger partial charge < -0.3 is 20.0 Å². The van der Waals surface area contributed by atoms with Crippen molar-refractivity contribution in [3.8, 4) is 0 Å². The van der Waals surface area contributed by atoms with Crippen molar-refractivity contribution in [1.29, 1.82) is 0 Å². The van der Waals surface area contributed by atoms with E-state index in [1.54, 1.807) is 11.6 Å². The smallest absolute Gasteiger partial charge is 0.358 e. The number of hydrogen-bond acceptors (Lipinski definition) is 6. The Morgan fingerprint density at radius 1 is 1.38 bits per heavy atom. The molecule has 0 spiro atoms. The first-order chi connectivity index (χ1) is 11.5. The maximum absolute atomic E-state index is 11.3. The van der Waals surface area contributed by atoms with Crippen molar-refractivity contribution < 1.29 is 4.92 Å². The second kappa shape index (κ2) is 5.31. The van der Waals surface area contributed by atoms with E-state index < -0.39 is 4.92 Å². The van der Waals surface area contributed by atoms with Gasteiger partial charge in [0.15, 0.2) is 0 Å². The Labute approximate surface area is 140 Å². The Kier molecular flexibility index (Phi) is 3.24. The standard InChI is InChI=1S/C15H14N6O2S/c1-9-3-4-11-10(7-9)17-12(19(11)2)8-16-13-14(21(22)23)20-5-6-24-15(20)18-13/h3-7,16H,8H2,1-2H3. The summed E-state index contributed by atoms with van der Waals surface area (Å²) >= 11 is 1.36. The van der Waals surface area contributed by atoms with Gasteiger partial charge in [-0.15, -0.1) is 0 Å². The third kappa shape index (κ3) is 2.21. The number of fused-ring (bicyclic) bond motifs is 2. The number of aryl methyl sites for hydroxylation is 2. The fourth-order valence-corrected chi connectivity index (χ4v) is 3.46. The van der Waals surface area contributed by atoms with Gasteiger partial charge in [0.1, 0.15) is 12.0 Å². The molecule has 0 saturated carbocycles. The highest BCUT2D eigenvalue weighted by molar-refractivity contribution is 7.15. The summed E-state index contributed by atoms with van der Waals surface area (Å²) in [5.74, 6) is 0.997. The number of nitro groups is 1. The lowest BCUT2D eigenvalue weighted by atomic mass is 10.2. The number of aromatic nitrogens is 4. The highest BCUT2D eigenvalue weighted by Crippen LogP contribution is 2.28. The summed E-state index contributed by atoms with van der Waals surface area (Å²) in [6, 6.07) is 6.08. The van der Waals surface area contributed by atoms with Crippen LogP contribution in [-0.4, -0.2) is 23.9 Å². The highest BCUT2D eigenvalue weighted by Gasteiger charge is 2.23. The lowest BCUT2D eigenvalue weighted by Crippen LogP contribution is -2.07. The summed E-state index contributed by atoms with van der Waals surface area (Å²) in [6.45, 7) is 2.38. The van der Waals surface area contributed by atoms with E-state index in [1.807, 2.05) is 36.7 Å². The molecule has 0 fully saturated rings. The highest BCUT2D eigenvalue weighted by atomic mass is 32.1. The van der Waals surface area contributed by atoms with Crippen LogP contribution in [0.4, 0.5) is 11.6 Å². The van der Waals surface area contributed by atoms with Crippen molar-refractivity contribution >= 4 is 39.0 Å². The molecule has 0 amide bonds. The molecule has 8 nitrogen and oxygen atoms in total. The lowest BCUT2D eigenvalue weighted by molar-refractivity contribution is -0.389. The van der Waals surface area contributed by atoms with Crippen LogP contribution in [0.5, 0.6) is 0 Å². The molecule has 24 heavy (non-hydrogen) atoms. The van der Waals surface area contributed by atoms with Crippen molar-refractivity contribution in [2.75, 3.05) is 5.32 Å². The topological polar surface area (TPSA) is 90.3 Å². The summed E-state index contributed by atoms with van der Waals surface area (Å²) in [4.78, 5) is 20.4. The molecule has 122 valence electrons. The fraction of sp³-hybridized carbons (Fsp3) is 0.200. The molecule has 0 aliphatic carbocycles. The maximum atomic E-state index is 11.3. The largest absolute Gasteiger partial charge is 0.372 e. The Morgan fingerprint density at radius 2 is 2.21 bits per heavy atom. The molecule has 0 aliphatic heterocycles. The number of thiazole rings is 1. The van der Waals surface area contributed by atoms with Crippen molar-refractivity contribution in [3.63, 3.8) is 0 Å². The first-order valence-electron chi connectivity index (χ1n) is 7.30. The maximum Gasteiger partial charge on any atom is 0.372 e. The summed E-state index contributed by atoms with van der Waals surface area (Å²) < 4.78 is 3.46. The Balaban J connectivity index is 1.68. The summed E-state index contributed by atoms with van der Waals surface area (Å²) in [5.41, 5.74) is 3.08. The van der Waals surface area contributed by atoms with Crippen LogP contribution in [0.25, 0.3) is 16.0 Å². The molecule has 0 unspecified atom stereocenters. The molecule has 0 bridgehead atoms. The SMILES string of the molecule is Cc1ccc2c(c1)nc(CNc1nc3sccn3c1[N+](=O)[O-])n2C. The molecule has 1 aromatic carbocycles. The number of hydrogen-bond donors (Lipinski definition) is 1. The molecule has 4 aromatic rings. The van der Waals surface area contributed by atoms with Crippen LogP contribution in [0.2, 0.25) is 0 Å². The average molecular weight is 342 g/mol. The first-order valence-corrected chi connectivity index (χ1v) is 8.18. The van der Waals surface area contributed by atoms with Gasteiger partial charge in [0.05, 0.1) is 17.6 Å². The number of nitrogens with zero attached hydrogens (tertiary/aromatic N) is 5. The van der Waals surface area contributed by atoms with Crippen LogP contribution in [0, 0.1) is 17.0 Å². The molecule has 3 aromatic heterocycles. The van der Waals surface area contributed by atoms with Gasteiger partial charge in [-0.25, -0.2) is 4.98 Å². The van der Waals surface area contributed by atoms with E-state index in [2.05, 4.69) is 15.3 Å². The monoisotopic (exact) mass is 342 g/mol. The number of imidazole rings is 2. The quantitative estimate of drug-likeness (QED) is 0.454. The van der Waals surface area contributed by atoms with E-state index in [0.29, 0.717) is 11.5 Å². The van der Waals surface area contributed by atoms with Crippen molar-refractivity contribution in [2.24, 2.45) is 7.05 Å². The zero-order valence-electron chi connectivity index (χ0n) is 13.1. The van der Waals surface area contributed by atoms with Crippen LogP contribution >= 0.6 is 11.3 Å². The number of rotatable bonds is 4. The number of anilines is 1. The normalized spacial score (nSPS) is 11.4. The Morgan fingerprint density at radius 3 is 3.00 bits per heavy atom. The average Bonchev–Trinajstić information content (AvgIpc) is 3.17. The number of nitrogens with one attached hydrogen (secondary N) is 1. The van der Waals surface area contributed by atoms with Crippen molar-refractivity contribution in [1.82, 2.24) is 18.9 Å². The van der Waals surface area contributed by atoms with E-state index in [9.17, 15) is 10.1 Å². The predicted molar refractivity (Wildman–Crippen MR) is 92.5 cm³/mol. The van der Waals surface area contributed by atoms with Crippen LogP contribution in [0.15, 0.2) is 29.8 Å². The Bertz CT molecular complexity index is 1080. The molecule has 1 N–H and O–H groups in total. The molecule has 0 atom stereocenters. The van der Waals surface area contributed by atoms with Gasteiger partial charge in [0.25, 0.3) is 4.96 Å². The first kappa shape index (κ1) is 14.6. The van der Waals surface area contributed by atoms with Crippen molar-refractivity contribution in [2.45, 2.75) is 13.5 Å². The molecule has 3 heterocycles. The van der Waals surface area contributed by atoms with Gasteiger partial charge in [-0.2, -0.15) is 9.38 Å². The van der Waals surface area contributed by atoms with Gasteiger partial charge in [-0.1, -0.05) is 17.4 Å². The minimum absolute atomic E-state index is 0.0548. The van der Waals surface area contributed by atoms with Gasteiger partial charge >= 0.3 is 5.82 Å². The van der Waals surface area contributed by atoms with Crippen LogP contribution in [0.3, 0.4) is 0 Å². The van der Waals surface area contributed by atoms with Crippen LogP contribution in [0.1, 0.15) is 11.4 Å². The molecule has 9 heteroatoms. The zero-order valence-corrected chi connectivity index (χ0v) is 13.9. The lowest BCUT2D eigenvalue weighted by Gasteiger charge is -2.04. The molecule has 4 rings (SSSR count). The minimum atomic E-state index is -0.423. The second-order valence-electron chi connectivity index (χ2n) is 5.53. The minimum Gasteiger partial charge on any atom is -0.358 e. The van der Waals surface area contributed by atoms with E-state index in [0.717, 1.165) is 22.4 Å². The third-order valence-electron chi connectivity index (χ3n) is 3.95. The number of benzene rings is 1. The van der Waals surface area contributed by atoms with E-state index in [1.165, 1.54) is 15.7 Å². The summed E-state index contributed by atoms with van der Waals surface area (Å²) in [6.07, 6.45) is 1.65. The van der Waals surface area contributed by atoms with E-state index in [-0.39, 0.29) is 11.6 Å². The fourth-order valence-electron chi connectivity index (χ4n) is 2.75. The molecular formula is C15H14N6O2S. The summed E-state index contributed by atoms with van der Waals surface area (Å²) in [7, 11) is 1.93. The van der Waals surface area contributed by atoms with Gasteiger partial charge in [0, 0.05) is 12.4 Å². The van der Waals surface area contributed by atoms with E-state index in [4.69, 9.17) is 0 Å². The molecule has 0 saturated heterocycles. The predicted octanol–water partition coefficient (Wildman–Crippen LogP) is 3.11. The Hall–Kier alpha value is -2.94. The van der Waals surface area contributed by atoms with Gasteiger partial charge in [-0.05, 0) is 29.5 Å². The zero-order chi connectivity index (χ0) is 16.8.